The number of anilines is 1. The number of hydrogen-bond acceptors (Lipinski definition) is 5. The summed E-state index contributed by atoms with van der Waals surface area (Å²) >= 11 is 1.38. The van der Waals surface area contributed by atoms with E-state index in [4.69, 9.17) is 0 Å². The zero-order valence-electron chi connectivity index (χ0n) is 16.8. The van der Waals surface area contributed by atoms with E-state index < -0.39 is 5.25 Å². The number of hydrogen-bond donors (Lipinski definition) is 1. The summed E-state index contributed by atoms with van der Waals surface area (Å²) in [4.78, 5) is 29.0. The molecule has 0 saturated carbocycles. The summed E-state index contributed by atoms with van der Waals surface area (Å²) in [6.45, 7) is 4.86. The minimum Gasteiger partial charge on any atom is -0.326 e. The summed E-state index contributed by atoms with van der Waals surface area (Å²) in [6, 6.07) is 5.92. The standard InChI is InChI=1S/C21H25N5O2S/c1-13-7-8-14(2)15(10-13)22-19(27)11-16-21(28)23-20(29-16)12-18-25-24-17-6-4-3-5-9-26(17)18/h7-8,10,16H,3-6,9,11-12H2,1-2H3,(H,22,27)/t16-/m0/s1. The van der Waals surface area contributed by atoms with Gasteiger partial charge in [-0.1, -0.05) is 30.3 Å². The van der Waals surface area contributed by atoms with Gasteiger partial charge in [0.1, 0.15) is 16.9 Å². The summed E-state index contributed by atoms with van der Waals surface area (Å²) in [7, 11) is 0. The normalized spacial score (nSPS) is 18.9. The summed E-state index contributed by atoms with van der Waals surface area (Å²) < 4.78 is 2.17. The van der Waals surface area contributed by atoms with Gasteiger partial charge >= 0.3 is 0 Å². The van der Waals surface area contributed by atoms with E-state index in [1.54, 1.807) is 0 Å². The van der Waals surface area contributed by atoms with Crippen molar-refractivity contribution in [3.63, 3.8) is 0 Å². The molecule has 1 aromatic heterocycles. The van der Waals surface area contributed by atoms with Crippen LogP contribution in [0.5, 0.6) is 0 Å². The average molecular weight is 412 g/mol. The predicted octanol–water partition coefficient (Wildman–Crippen LogP) is 3.23. The Labute approximate surface area is 174 Å². The van der Waals surface area contributed by atoms with E-state index in [-0.39, 0.29) is 18.2 Å². The van der Waals surface area contributed by atoms with E-state index in [0.29, 0.717) is 6.42 Å². The SMILES string of the molecule is Cc1ccc(C)c(NC(=O)C[C@@H]2SC(Cc3nnc4n3CCCCC4)=NC2=O)c1. The van der Waals surface area contributed by atoms with E-state index in [9.17, 15) is 9.59 Å². The van der Waals surface area contributed by atoms with Gasteiger partial charge in [0.15, 0.2) is 0 Å². The summed E-state index contributed by atoms with van der Waals surface area (Å²) in [5.41, 5.74) is 2.87. The molecule has 1 atom stereocenters. The highest BCUT2D eigenvalue weighted by atomic mass is 32.2. The number of rotatable bonds is 5. The largest absolute Gasteiger partial charge is 0.326 e. The van der Waals surface area contributed by atoms with Crippen LogP contribution in [-0.2, 0) is 29.0 Å². The molecule has 0 fully saturated rings. The lowest BCUT2D eigenvalue weighted by molar-refractivity contribution is -0.121. The van der Waals surface area contributed by atoms with E-state index in [1.165, 1.54) is 18.2 Å². The molecule has 0 aliphatic carbocycles. The van der Waals surface area contributed by atoms with Crippen LogP contribution in [0, 0.1) is 13.8 Å². The molecule has 8 heteroatoms. The highest BCUT2D eigenvalue weighted by Crippen LogP contribution is 2.28. The molecule has 1 aromatic carbocycles. The van der Waals surface area contributed by atoms with Crippen molar-refractivity contribution in [2.45, 2.75) is 64.2 Å². The van der Waals surface area contributed by atoms with Gasteiger partial charge in [0.05, 0.1) is 11.5 Å². The molecule has 3 heterocycles. The number of amides is 2. The van der Waals surface area contributed by atoms with Crippen LogP contribution in [0.1, 0.15) is 48.5 Å². The third-order valence-electron chi connectivity index (χ3n) is 5.32. The predicted molar refractivity (Wildman–Crippen MR) is 114 cm³/mol. The van der Waals surface area contributed by atoms with Crippen LogP contribution in [0.2, 0.25) is 0 Å². The van der Waals surface area contributed by atoms with Crippen molar-refractivity contribution in [3.8, 4) is 0 Å². The number of fused-ring (bicyclic) bond motifs is 1. The van der Waals surface area contributed by atoms with E-state index >= 15 is 0 Å². The summed E-state index contributed by atoms with van der Waals surface area (Å²) in [6.07, 6.45) is 5.03. The average Bonchev–Trinajstić information content (AvgIpc) is 3.11. The van der Waals surface area contributed by atoms with Gasteiger partial charge in [-0.25, -0.2) is 4.99 Å². The second-order valence-corrected chi connectivity index (χ2v) is 8.97. The van der Waals surface area contributed by atoms with Crippen LogP contribution in [0.15, 0.2) is 23.2 Å². The molecule has 4 rings (SSSR count). The van der Waals surface area contributed by atoms with Crippen molar-refractivity contribution in [3.05, 3.63) is 41.0 Å². The Hall–Kier alpha value is -2.48. The van der Waals surface area contributed by atoms with Crippen molar-refractivity contribution >= 4 is 34.3 Å². The molecule has 7 nitrogen and oxygen atoms in total. The Morgan fingerprint density at radius 2 is 2.10 bits per heavy atom. The number of aromatic nitrogens is 3. The summed E-state index contributed by atoms with van der Waals surface area (Å²) in [5, 5.41) is 11.8. The highest BCUT2D eigenvalue weighted by molar-refractivity contribution is 8.15. The Balaban J connectivity index is 1.36. The molecule has 152 valence electrons. The molecule has 0 saturated heterocycles. The Kier molecular flexibility index (Phi) is 5.80. The highest BCUT2D eigenvalue weighted by Gasteiger charge is 2.31. The quantitative estimate of drug-likeness (QED) is 0.816. The Morgan fingerprint density at radius 1 is 1.24 bits per heavy atom. The van der Waals surface area contributed by atoms with Crippen LogP contribution in [-0.4, -0.2) is 36.9 Å². The molecule has 2 aromatic rings. The van der Waals surface area contributed by atoms with E-state index in [2.05, 4.69) is 25.1 Å². The molecule has 1 N–H and O–H groups in total. The lowest BCUT2D eigenvalue weighted by atomic mass is 10.1. The zero-order chi connectivity index (χ0) is 20.4. The number of carbonyl (C=O) groups is 2. The number of nitrogens with one attached hydrogen (secondary N) is 1. The lowest BCUT2D eigenvalue weighted by Gasteiger charge is -2.11. The second kappa shape index (κ2) is 8.49. The molecule has 0 radical (unpaired) electrons. The molecular weight excluding hydrogens is 386 g/mol. The monoisotopic (exact) mass is 411 g/mol. The van der Waals surface area contributed by atoms with Crippen LogP contribution < -0.4 is 5.32 Å². The first-order valence-electron chi connectivity index (χ1n) is 10.1. The second-order valence-electron chi connectivity index (χ2n) is 7.69. The van der Waals surface area contributed by atoms with Crippen molar-refractivity contribution in [2.75, 3.05) is 5.32 Å². The van der Waals surface area contributed by atoms with Crippen molar-refractivity contribution in [1.29, 1.82) is 0 Å². The molecule has 2 aliphatic heterocycles. The van der Waals surface area contributed by atoms with Crippen molar-refractivity contribution < 1.29 is 9.59 Å². The fraction of sp³-hybridized carbons (Fsp3) is 0.476. The zero-order valence-corrected chi connectivity index (χ0v) is 17.6. The summed E-state index contributed by atoms with van der Waals surface area (Å²) in [5.74, 6) is 1.48. The minimum atomic E-state index is -0.471. The first kappa shape index (κ1) is 19.8. The van der Waals surface area contributed by atoms with Gasteiger partial charge in [-0.05, 0) is 43.9 Å². The number of carbonyl (C=O) groups excluding carboxylic acids is 2. The van der Waals surface area contributed by atoms with Crippen LogP contribution >= 0.6 is 11.8 Å². The third kappa shape index (κ3) is 4.58. The van der Waals surface area contributed by atoms with Crippen molar-refractivity contribution in [1.82, 2.24) is 14.8 Å². The van der Waals surface area contributed by atoms with Crippen LogP contribution in [0.3, 0.4) is 0 Å². The number of thioether (sulfide) groups is 1. The molecule has 2 amide bonds. The van der Waals surface area contributed by atoms with Gasteiger partial charge in [-0.3, -0.25) is 9.59 Å². The third-order valence-corrected chi connectivity index (χ3v) is 6.48. The maximum absolute atomic E-state index is 12.5. The van der Waals surface area contributed by atoms with Gasteiger partial charge < -0.3 is 9.88 Å². The molecule has 0 spiro atoms. The first-order valence-corrected chi connectivity index (χ1v) is 10.9. The molecular formula is C21H25N5O2S. The smallest absolute Gasteiger partial charge is 0.260 e. The first-order chi connectivity index (χ1) is 14.0. The number of benzene rings is 1. The topological polar surface area (TPSA) is 89.2 Å². The molecule has 0 unspecified atom stereocenters. The van der Waals surface area contributed by atoms with E-state index in [1.807, 2.05) is 32.0 Å². The minimum absolute atomic E-state index is 0.113. The van der Waals surface area contributed by atoms with E-state index in [0.717, 1.165) is 59.3 Å². The van der Waals surface area contributed by atoms with Gasteiger partial charge in [-0.15, -0.1) is 10.2 Å². The molecule has 2 aliphatic rings. The Morgan fingerprint density at radius 3 is 2.97 bits per heavy atom. The number of nitrogens with zero attached hydrogens (tertiary/aromatic N) is 4. The lowest BCUT2D eigenvalue weighted by Crippen LogP contribution is -2.21. The van der Waals surface area contributed by atoms with Gasteiger partial charge in [-0.2, -0.15) is 0 Å². The maximum atomic E-state index is 12.5. The number of aryl methyl sites for hydroxylation is 3. The fourth-order valence-electron chi connectivity index (χ4n) is 3.70. The van der Waals surface area contributed by atoms with Crippen LogP contribution in [0.4, 0.5) is 5.69 Å². The molecule has 29 heavy (non-hydrogen) atoms. The van der Waals surface area contributed by atoms with Gasteiger partial charge in [0.25, 0.3) is 5.91 Å². The Bertz CT molecular complexity index is 981. The molecule has 0 bridgehead atoms. The van der Waals surface area contributed by atoms with Crippen LogP contribution in [0.25, 0.3) is 0 Å². The van der Waals surface area contributed by atoms with Gasteiger partial charge in [0.2, 0.25) is 5.91 Å². The number of aliphatic imine (C=N–C) groups is 1. The fourth-order valence-corrected chi connectivity index (χ4v) is 4.77. The maximum Gasteiger partial charge on any atom is 0.260 e. The van der Waals surface area contributed by atoms with Crippen molar-refractivity contribution in [2.24, 2.45) is 4.99 Å². The van der Waals surface area contributed by atoms with Gasteiger partial charge in [0, 0.05) is 25.1 Å².